The standard InChI is InChI=1S/C22H18Br2O3.C22H19BrO3.C22H20O3.C8H8O3.C7H7Br.C4H8O.BHNS/c23-13-20(25)18-11-19(24)22(27-15-17-9-5-2-6-10-17)12-21(18)26-14-16-7-3-1-4-8-16;23-14-21(24)20-12-11-19(25-15-17-7-3-1-4-8-17)13-22(20)26-16-18-9-5-2-6-10-18;1-17(23)21-13-12-20(24-15-18-8-4-2-5-9-18)14-22(21)25-16-19-10-6-3-7-11-19;1-5(9)7-3-2-6(10)4-8(7)11;8-6-7-4-2-1-3-5-7;1-2-4-5-3-1;1-2-3/h1-12H,13-15H2;1-13H,14-16H2;2-14H,15-16H2,1H3;2-4,10-11H,1H3;1-5H,6H2;1-4H2;3H. The van der Waals surface area contributed by atoms with Gasteiger partial charge in [-0.25, -0.2) is 0 Å². The second kappa shape index (κ2) is 49.3. The van der Waals surface area contributed by atoms with Crippen molar-refractivity contribution in [2.45, 2.75) is 71.7 Å². The molecule has 0 unspecified atom stereocenters. The van der Waals surface area contributed by atoms with Crippen molar-refractivity contribution in [2.75, 3.05) is 23.9 Å². The van der Waals surface area contributed by atoms with E-state index >= 15 is 0 Å². The van der Waals surface area contributed by atoms with Crippen molar-refractivity contribution in [1.29, 1.82) is 0 Å². The molecule has 1 saturated heterocycles. The predicted molar refractivity (Wildman–Crippen MR) is 434 cm³/mol. The number of hydrogen-bond acceptors (Lipinski definition) is 15. The number of ether oxygens (including phenoxy) is 7. The van der Waals surface area contributed by atoms with Crippen LogP contribution in [0.1, 0.15) is 107 Å². The van der Waals surface area contributed by atoms with Gasteiger partial charge in [0.15, 0.2) is 23.1 Å². The molecule has 2 N–H and O–H groups in total. The first-order valence-corrected chi connectivity index (χ1v) is 37.7. The molecule has 1 heterocycles. The first-order chi connectivity index (χ1) is 51.1. The van der Waals surface area contributed by atoms with Crippen LogP contribution in [0.3, 0.4) is 0 Å². The fourth-order valence-corrected chi connectivity index (χ4v) is 10.8. The van der Waals surface area contributed by atoms with Crippen LogP contribution in [-0.2, 0) is 49.7 Å². The summed E-state index contributed by atoms with van der Waals surface area (Å²) in [6, 6.07) is 87.7. The number of Topliss-reactive ketones (excluding diaryl/α,β-unsaturated/α-hetero) is 4. The molecule has 0 spiro atoms. The van der Waals surface area contributed by atoms with Gasteiger partial charge in [-0.2, -0.15) is 0 Å². The molecule has 105 heavy (non-hydrogen) atoms. The number of alkyl halides is 3. The van der Waals surface area contributed by atoms with Crippen molar-refractivity contribution in [1.82, 2.24) is 0 Å². The zero-order chi connectivity index (χ0) is 75.2. The number of phenols is 2. The molecule has 541 valence electrons. The molecule has 0 aliphatic carbocycles. The summed E-state index contributed by atoms with van der Waals surface area (Å²) in [6.07, 6.45) is 2.56. The second-order valence-electron chi connectivity index (χ2n) is 22.7. The van der Waals surface area contributed by atoms with Gasteiger partial charge in [0.05, 0.1) is 37.4 Å². The number of ketones is 4. The summed E-state index contributed by atoms with van der Waals surface area (Å²) in [6.45, 7) is 7.44. The van der Waals surface area contributed by atoms with Crippen LogP contribution in [-0.4, -0.2) is 64.9 Å². The van der Waals surface area contributed by atoms with E-state index in [0.717, 1.165) is 62.5 Å². The third-order valence-corrected chi connectivity index (χ3v) is 17.1. The maximum absolute atomic E-state index is 12.3. The van der Waals surface area contributed by atoms with Gasteiger partial charge in [0.25, 0.3) is 0 Å². The molecule has 0 atom stereocenters. The minimum absolute atomic E-state index is 0.0253. The van der Waals surface area contributed by atoms with Crippen molar-refractivity contribution >= 4 is 107 Å². The molecule has 1 aliphatic rings. The van der Waals surface area contributed by atoms with Gasteiger partial charge in [-0.15, -0.1) is 0 Å². The first kappa shape index (κ1) is 84.5. The molecule has 11 aromatic rings. The summed E-state index contributed by atoms with van der Waals surface area (Å²) in [7, 11) is 4.34. The number of thiol groups is 1. The van der Waals surface area contributed by atoms with Crippen LogP contribution >= 0.6 is 76.5 Å². The van der Waals surface area contributed by atoms with Crippen LogP contribution in [0, 0.1) is 0 Å². The zero-order valence-corrected chi connectivity index (χ0v) is 65.4. The maximum atomic E-state index is 12.3. The van der Waals surface area contributed by atoms with E-state index in [0.29, 0.717) is 90.8 Å². The predicted octanol–water partition coefficient (Wildman–Crippen LogP) is 21.5. The Morgan fingerprint density at radius 2 is 0.695 bits per heavy atom. The molecule has 0 bridgehead atoms. The van der Waals surface area contributed by atoms with Crippen LogP contribution in [0.15, 0.2) is 288 Å². The van der Waals surface area contributed by atoms with Crippen LogP contribution in [0.5, 0.6) is 46.0 Å². The number of carbonyl (C=O) groups is 4. The molecule has 0 saturated carbocycles. The average Bonchev–Trinajstić information content (AvgIpc) is 1.52. The van der Waals surface area contributed by atoms with E-state index in [4.69, 9.17) is 43.4 Å². The fourth-order valence-electron chi connectivity index (χ4n) is 9.39. The van der Waals surface area contributed by atoms with E-state index in [2.05, 4.69) is 101 Å². The Labute approximate surface area is 655 Å². The van der Waals surface area contributed by atoms with Gasteiger partial charge in [0, 0.05) is 42.8 Å². The number of nitrogens with zero attached hydrogens (tertiary/aromatic N) is 1. The van der Waals surface area contributed by atoms with E-state index in [1.807, 2.05) is 200 Å². The van der Waals surface area contributed by atoms with Crippen molar-refractivity contribution in [3.05, 3.63) is 345 Å². The molecular formula is C85H81BBr4NO13S. The summed E-state index contributed by atoms with van der Waals surface area (Å²) < 4.78 is 43.7. The number of benzene rings is 11. The summed E-state index contributed by atoms with van der Waals surface area (Å²) in [5.41, 5.74) is 9.53. The molecule has 1 fully saturated rings. The summed E-state index contributed by atoms with van der Waals surface area (Å²) >= 11 is 16.5. The molecule has 12 rings (SSSR count). The Morgan fingerprint density at radius 3 is 1.01 bits per heavy atom. The normalized spacial score (nSPS) is 10.6. The van der Waals surface area contributed by atoms with Crippen molar-refractivity contribution in [2.24, 2.45) is 4.30 Å². The topological polar surface area (TPSA) is 186 Å². The Bertz CT molecular complexity index is 4360. The minimum atomic E-state index is -0.220. The molecular weight excluding hydrogens is 1610 g/mol. The van der Waals surface area contributed by atoms with E-state index in [9.17, 15) is 19.2 Å². The van der Waals surface area contributed by atoms with Crippen molar-refractivity contribution < 1.29 is 62.5 Å². The van der Waals surface area contributed by atoms with Crippen molar-refractivity contribution in [3.63, 3.8) is 0 Å². The van der Waals surface area contributed by atoms with Gasteiger partial charge in [-0.3, -0.25) is 19.2 Å². The van der Waals surface area contributed by atoms with E-state index < -0.39 is 0 Å². The Morgan fingerprint density at radius 1 is 0.390 bits per heavy atom. The molecule has 0 aromatic heterocycles. The summed E-state index contributed by atoms with van der Waals surface area (Å²) in [4.78, 5) is 47.1. The quantitative estimate of drug-likeness (QED) is 0.0213. The molecule has 14 nitrogen and oxygen atoms in total. The fraction of sp³-hybridized carbons (Fsp3) is 0.176. The second-order valence-corrected chi connectivity index (χ2v) is 25.5. The van der Waals surface area contributed by atoms with Gasteiger partial charge in [0.2, 0.25) is 0 Å². The van der Waals surface area contributed by atoms with Gasteiger partial charge < -0.3 is 43.4 Å². The Hall–Kier alpha value is -9.41. The zero-order valence-electron chi connectivity index (χ0n) is 58.1. The molecule has 11 aromatic carbocycles. The van der Waals surface area contributed by atoms with Gasteiger partial charge >= 0.3 is 24.8 Å². The summed E-state index contributed by atoms with van der Waals surface area (Å²) in [5.74, 6) is 3.01. The number of hydrogen-bond donors (Lipinski definition) is 3. The number of phenolic OH excluding ortho intramolecular Hbond substituents is 2. The van der Waals surface area contributed by atoms with Gasteiger partial charge in [-0.05, 0) is 124 Å². The van der Waals surface area contributed by atoms with Gasteiger partial charge in [-0.1, -0.05) is 260 Å². The number of aromatic hydroxyl groups is 2. The number of rotatable bonds is 25. The SMILES string of the molecule is BrCc1ccccc1.C1CCOC1.CC(=O)c1ccc(O)cc1O.CC(=O)c1ccc(OCc2ccccc2)cc1OCc1ccccc1.O=C(CBr)c1cc(Br)c(OCc2ccccc2)cc1OCc1ccccc1.O=C(CBr)c1ccc(OCc2ccccc2)cc1OCc1ccccc1.[B]=NS. The average molecular weight is 1690 g/mol. The van der Waals surface area contributed by atoms with E-state index in [1.54, 1.807) is 48.5 Å². The van der Waals surface area contributed by atoms with Crippen LogP contribution in [0.25, 0.3) is 0 Å². The van der Waals surface area contributed by atoms with Gasteiger partial charge in [0.1, 0.15) is 85.6 Å². The third kappa shape index (κ3) is 32.2. The Kier molecular flexibility index (Phi) is 39.7. The third-order valence-electron chi connectivity index (χ3n) is 14.8. The summed E-state index contributed by atoms with van der Waals surface area (Å²) in [5, 5.41) is 19.4. The molecule has 1 aliphatic heterocycles. The van der Waals surface area contributed by atoms with Crippen LogP contribution in [0.4, 0.5) is 0 Å². The molecule has 20 heteroatoms. The monoisotopic (exact) mass is 1680 g/mol. The first-order valence-electron chi connectivity index (χ1n) is 33.2. The van der Waals surface area contributed by atoms with E-state index in [-0.39, 0.29) is 50.9 Å². The van der Waals surface area contributed by atoms with Crippen molar-refractivity contribution in [3.8, 4) is 46.0 Å². The van der Waals surface area contributed by atoms with Crippen LogP contribution < -0.4 is 28.4 Å². The number of halogens is 4. The molecule has 1 radical (unpaired) electrons. The molecule has 0 amide bonds. The number of carbonyl (C=O) groups excluding carboxylic acids is 4. The van der Waals surface area contributed by atoms with E-state index in [1.165, 1.54) is 44.4 Å². The van der Waals surface area contributed by atoms with Crippen LogP contribution in [0.2, 0.25) is 0 Å². The Balaban J connectivity index is 0.000000209.